The quantitative estimate of drug-likeness (QED) is 0.494. The Morgan fingerprint density at radius 3 is 2.59 bits per heavy atom. The number of anilines is 1. The van der Waals surface area contributed by atoms with E-state index in [4.69, 9.17) is 4.74 Å². The second-order valence-corrected chi connectivity index (χ2v) is 8.08. The van der Waals surface area contributed by atoms with Crippen molar-refractivity contribution in [1.29, 1.82) is 0 Å². The highest BCUT2D eigenvalue weighted by molar-refractivity contribution is 8.01. The van der Waals surface area contributed by atoms with Crippen LogP contribution < -0.4 is 15.4 Å². The summed E-state index contributed by atoms with van der Waals surface area (Å²) in [7, 11) is 0. The zero-order valence-electron chi connectivity index (χ0n) is 17.2. The Balaban J connectivity index is 1.48. The smallest absolute Gasteiger partial charge is 0.234 e. The number of amides is 2. The Hall–Kier alpha value is -3.46. The molecule has 0 spiro atoms. The van der Waals surface area contributed by atoms with Crippen LogP contribution in [0.25, 0.3) is 0 Å². The highest BCUT2D eigenvalue weighted by Gasteiger charge is 2.16. The molecule has 32 heavy (non-hydrogen) atoms. The fourth-order valence-electron chi connectivity index (χ4n) is 2.63. The Bertz CT molecular complexity index is 1080. The van der Waals surface area contributed by atoms with Crippen LogP contribution in [0.5, 0.6) is 11.6 Å². The fraction of sp³-hybridized carbons (Fsp3) is 0.174. The molecule has 3 aromatic rings. The average molecular weight is 458 g/mol. The number of aromatic nitrogens is 1. The maximum atomic E-state index is 13.4. The van der Waals surface area contributed by atoms with Gasteiger partial charge in [-0.15, -0.1) is 11.8 Å². The van der Waals surface area contributed by atoms with Crippen LogP contribution in [0.15, 0.2) is 66.9 Å². The van der Waals surface area contributed by atoms with E-state index in [2.05, 4.69) is 15.6 Å². The molecule has 6 nitrogen and oxygen atoms in total. The summed E-state index contributed by atoms with van der Waals surface area (Å²) < 4.78 is 31.9. The Morgan fingerprint density at radius 2 is 1.84 bits per heavy atom. The van der Waals surface area contributed by atoms with Gasteiger partial charge in [-0.3, -0.25) is 9.59 Å². The van der Waals surface area contributed by atoms with Crippen LogP contribution >= 0.6 is 11.8 Å². The summed E-state index contributed by atoms with van der Waals surface area (Å²) in [5.41, 5.74) is 1.10. The Labute approximate surface area is 188 Å². The number of thioether (sulfide) groups is 1. The molecule has 1 atom stereocenters. The molecule has 166 valence electrons. The zero-order chi connectivity index (χ0) is 22.9. The van der Waals surface area contributed by atoms with Gasteiger partial charge in [0.05, 0.1) is 11.0 Å². The number of ether oxygens (including phenoxy) is 1. The summed E-state index contributed by atoms with van der Waals surface area (Å²) in [4.78, 5) is 28.6. The van der Waals surface area contributed by atoms with Crippen LogP contribution in [0.3, 0.4) is 0 Å². The molecule has 3 rings (SSSR count). The normalized spacial score (nSPS) is 11.5. The van der Waals surface area contributed by atoms with E-state index >= 15 is 0 Å². The minimum absolute atomic E-state index is 0.0623. The number of nitrogens with one attached hydrogen (secondary N) is 2. The number of carbonyl (C=O) groups is 2. The highest BCUT2D eigenvalue weighted by Crippen LogP contribution is 2.23. The standard InChI is InChI=1S/C23H21F2N3O3S/c1-15(32-14-21(29)28-19-9-7-17(24)8-10-19)22(30)27-13-16-4-3-11-26-23(16)31-20-6-2-5-18(25)12-20/h2-12,15H,13-14H2,1H3,(H,27,30)(H,28,29). The minimum Gasteiger partial charge on any atom is -0.439 e. The van der Waals surface area contributed by atoms with Gasteiger partial charge < -0.3 is 15.4 Å². The first kappa shape index (κ1) is 23.2. The van der Waals surface area contributed by atoms with Gasteiger partial charge in [0.25, 0.3) is 0 Å². The molecule has 2 aromatic carbocycles. The molecule has 1 heterocycles. The number of rotatable bonds is 9. The van der Waals surface area contributed by atoms with E-state index in [1.165, 1.54) is 60.4 Å². The lowest BCUT2D eigenvalue weighted by molar-refractivity contribution is -0.120. The summed E-state index contributed by atoms with van der Waals surface area (Å²) in [6, 6.07) is 14.6. The van der Waals surface area contributed by atoms with E-state index in [1.54, 1.807) is 25.1 Å². The van der Waals surface area contributed by atoms with E-state index in [9.17, 15) is 18.4 Å². The molecule has 0 saturated carbocycles. The van der Waals surface area contributed by atoms with E-state index < -0.39 is 11.1 Å². The van der Waals surface area contributed by atoms with Crippen molar-refractivity contribution in [2.75, 3.05) is 11.1 Å². The van der Waals surface area contributed by atoms with Crippen molar-refractivity contribution < 1.29 is 23.1 Å². The SMILES string of the molecule is CC(SCC(=O)Nc1ccc(F)cc1)C(=O)NCc1cccnc1Oc1cccc(F)c1. The topological polar surface area (TPSA) is 80.3 Å². The molecule has 0 radical (unpaired) electrons. The van der Waals surface area contributed by atoms with Crippen LogP contribution in [0.2, 0.25) is 0 Å². The second kappa shape index (κ2) is 11.2. The number of halogens is 2. The molecule has 0 aliphatic rings. The number of nitrogens with zero attached hydrogens (tertiary/aromatic N) is 1. The summed E-state index contributed by atoms with van der Waals surface area (Å²) >= 11 is 1.17. The lowest BCUT2D eigenvalue weighted by Crippen LogP contribution is -2.31. The predicted octanol–water partition coefficient (Wildman–Crippen LogP) is 4.53. The van der Waals surface area contributed by atoms with E-state index in [1.807, 2.05) is 0 Å². The van der Waals surface area contributed by atoms with Gasteiger partial charge in [0.1, 0.15) is 17.4 Å². The number of carbonyl (C=O) groups excluding carboxylic acids is 2. The fourth-order valence-corrected chi connectivity index (χ4v) is 3.33. The van der Waals surface area contributed by atoms with Crippen molar-refractivity contribution in [3.05, 3.63) is 84.1 Å². The summed E-state index contributed by atoms with van der Waals surface area (Å²) in [5.74, 6) is -0.746. The molecule has 9 heteroatoms. The molecule has 2 amide bonds. The molecular formula is C23H21F2N3O3S. The first-order valence-corrected chi connectivity index (χ1v) is 10.8. The molecule has 0 aliphatic carbocycles. The van der Waals surface area contributed by atoms with Crippen LogP contribution in [-0.4, -0.2) is 27.8 Å². The van der Waals surface area contributed by atoms with Crippen LogP contribution in [0, 0.1) is 11.6 Å². The molecule has 0 aliphatic heterocycles. The third kappa shape index (κ3) is 7.05. The lowest BCUT2D eigenvalue weighted by Gasteiger charge is -2.14. The third-order valence-corrected chi connectivity index (χ3v) is 5.42. The lowest BCUT2D eigenvalue weighted by atomic mass is 10.2. The zero-order valence-corrected chi connectivity index (χ0v) is 18.0. The number of pyridine rings is 1. The van der Waals surface area contributed by atoms with Crippen molar-refractivity contribution in [2.24, 2.45) is 0 Å². The highest BCUT2D eigenvalue weighted by atomic mass is 32.2. The van der Waals surface area contributed by atoms with Crippen LogP contribution in [0.1, 0.15) is 12.5 Å². The Kier molecular flexibility index (Phi) is 8.15. The predicted molar refractivity (Wildman–Crippen MR) is 120 cm³/mol. The van der Waals surface area contributed by atoms with E-state index in [0.29, 0.717) is 17.0 Å². The number of hydrogen-bond acceptors (Lipinski definition) is 5. The summed E-state index contributed by atoms with van der Waals surface area (Å²) in [5, 5.41) is 4.95. The van der Waals surface area contributed by atoms with Crippen molar-refractivity contribution in [3.63, 3.8) is 0 Å². The maximum absolute atomic E-state index is 13.4. The van der Waals surface area contributed by atoms with E-state index in [0.717, 1.165) is 0 Å². The van der Waals surface area contributed by atoms with Crippen molar-refractivity contribution in [3.8, 4) is 11.6 Å². The summed E-state index contributed by atoms with van der Waals surface area (Å²) in [6.07, 6.45) is 1.54. The van der Waals surface area contributed by atoms with Crippen LogP contribution in [0.4, 0.5) is 14.5 Å². The second-order valence-electron chi connectivity index (χ2n) is 6.75. The number of hydrogen-bond donors (Lipinski definition) is 2. The molecule has 1 unspecified atom stereocenters. The Morgan fingerprint density at radius 1 is 1.06 bits per heavy atom. The molecule has 1 aromatic heterocycles. The van der Waals surface area contributed by atoms with Gasteiger partial charge in [-0.05, 0) is 49.4 Å². The van der Waals surface area contributed by atoms with Crippen LogP contribution in [-0.2, 0) is 16.1 Å². The van der Waals surface area contributed by atoms with Gasteiger partial charge >= 0.3 is 0 Å². The minimum atomic E-state index is -0.488. The first-order valence-electron chi connectivity index (χ1n) is 9.73. The maximum Gasteiger partial charge on any atom is 0.234 e. The number of benzene rings is 2. The van der Waals surface area contributed by atoms with Gasteiger partial charge in [0.2, 0.25) is 17.7 Å². The van der Waals surface area contributed by atoms with Gasteiger partial charge in [-0.2, -0.15) is 0 Å². The van der Waals surface area contributed by atoms with Crippen molar-refractivity contribution in [1.82, 2.24) is 10.3 Å². The monoisotopic (exact) mass is 457 g/mol. The van der Waals surface area contributed by atoms with Crippen molar-refractivity contribution >= 4 is 29.3 Å². The molecular weight excluding hydrogens is 436 g/mol. The van der Waals surface area contributed by atoms with Gasteiger partial charge in [0.15, 0.2) is 0 Å². The average Bonchev–Trinajstić information content (AvgIpc) is 2.78. The summed E-state index contributed by atoms with van der Waals surface area (Å²) in [6.45, 7) is 1.85. The van der Waals surface area contributed by atoms with Gasteiger partial charge in [-0.1, -0.05) is 12.1 Å². The molecule has 0 saturated heterocycles. The molecule has 0 fully saturated rings. The van der Waals surface area contributed by atoms with Gasteiger partial charge in [0, 0.05) is 30.1 Å². The first-order chi connectivity index (χ1) is 15.4. The third-order valence-electron chi connectivity index (χ3n) is 4.28. The van der Waals surface area contributed by atoms with E-state index in [-0.39, 0.29) is 35.8 Å². The molecule has 0 bridgehead atoms. The molecule has 2 N–H and O–H groups in total. The largest absolute Gasteiger partial charge is 0.439 e. The van der Waals surface area contributed by atoms with Gasteiger partial charge in [-0.25, -0.2) is 13.8 Å². The van der Waals surface area contributed by atoms with Crippen molar-refractivity contribution in [2.45, 2.75) is 18.7 Å².